The molecule has 0 saturated carbocycles. The van der Waals surface area contributed by atoms with Gasteiger partial charge in [0.15, 0.2) is 0 Å². The van der Waals surface area contributed by atoms with Crippen LogP contribution in [0.2, 0.25) is 0 Å². The van der Waals surface area contributed by atoms with Gasteiger partial charge in [0, 0.05) is 11.1 Å². The van der Waals surface area contributed by atoms with Crippen LogP contribution in [-0.4, -0.2) is 17.9 Å². The van der Waals surface area contributed by atoms with E-state index in [0.717, 1.165) is 12.1 Å². The van der Waals surface area contributed by atoms with Crippen molar-refractivity contribution >= 4 is 17.5 Å². The van der Waals surface area contributed by atoms with Crippen LogP contribution in [0, 0.1) is 5.41 Å². The molecule has 0 aliphatic rings. The van der Waals surface area contributed by atoms with Crippen molar-refractivity contribution in [1.82, 2.24) is 5.32 Å². The van der Waals surface area contributed by atoms with Gasteiger partial charge in [0.25, 0.3) is 0 Å². The fourth-order valence-electron chi connectivity index (χ4n) is 1.55. The van der Waals surface area contributed by atoms with Gasteiger partial charge in [0.05, 0.1) is 0 Å². The lowest BCUT2D eigenvalue weighted by Crippen LogP contribution is -2.46. The number of nitrogens with one attached hydrogen (secondary N) is 2. The molecule has 2 N–H and O–H groups in total. The van der Waals surface area contributed by atoms with Crippen molar-refractivity contribution in [1.29, 1.82) is 0 Å². The van der Waals surface area contributed by atoms with E-state index in [9.17, 15) is 9.59 Å². The van der Waals surface area contributed by atoms with Crippen molar-refractivity contribution in [2.24, 2.45) is 5.41 Å². The number of carbonyl (C=O) groups is 2. The van der Waals surface area contributed by atoms with Crippen LogP contribution < -0.4 is 10.6 Å². The third-order valence-electron chi connectivity index (χ3n) is 3.05. The Morgan fingerprint density at radius 2 is 1.70 bits per heavy atom. The maximum Gasteiger partial charge on any atom is 0.246 e. The third-order valence-corrected chi connectivity index (χ3v) is 3.05. The number of anilines is 1. The fraction of sp³-hybridized carbons (Fsp3) is 0.500. The minimum absolute atomic E-state index is 0.138. The summed E-state index contributed by atoms with van der Waals surface area (Å²) in [5.74, 6) is -0.353. The van der Waals surface area contributed by atoms with Crippen LogP contribution >= 0.6 is 0 Å². The van der Waals surface area contributed by atoms with E-state index in [0.29, 0.717) is 0 Å². The standard InChI is InChI=1S/C16H24N2O2/c1-6-12-7-9-13(10-8-12)18-14(19)11(2)17-15(20)16(3,4)5/h7-11H,6H2,1-5H3,(H,17,20)(H,18,19). The minimum atomic E-state index is -0.562. The van der Waals surface area contributed by atoms with E-state index < -0.39 is 11.5 Å². The first-order valence-corrected chi connectivity index (χ1v) is 6.94. The Labute approximate surface area is 121 Å². The van der Waals surface area contributed by atoms with Crippen molar-refractivity contribution in [3.05, 3.63) is 29.8 Å². The summed E-state index contributed by atoms with van der Waals surface area (Å²) in [6.45, 7) is 9.21. The predicted octanol–water partition coefficient (Wildman–Crippen LogP) is 2.74. The molecule has 0 aliphatic heterocycles. The summed E-state index contributed by atoms with van der Waals surface area (Å²) in [6, 6.07) is 7.14. The van der Waals surface area contributed by atoms with Crippen LogP contribution in [0.4, 0.5) is 5.69 Å². The van der Waals surface area contributed by atoms with Gasteiger partial charge >= 0.3 is 0 Å². The fourth-order valence-corrected chi connectivity index (χ4v) is 1.55. The molecular weight excluding hydrogens is 252 g/mol. The zero-order valence-electron chi connectivity index (χ0n) is 12.9. The summed E-state index contributed by atoms with van der Waals surface area (Å²) >= 11 is 0. The molecule has 4 nitrogen and oxygen atoms in total. The van der Waals surface area contributed by atoms with Crippen LogP contribution in [0.15, 0.2) is 24.3 Å². The topological polar surface area (TPSA) is 58.2 Å². The third kappa shape index (κ3) is 4.68. The number of benzene rings is 1. The van der Waals surface area contributed by atoms with Crippen molar-refractivity contribution in [3.8, 4) is 0 Å². The molecule has 1 aromatic rings. The number of hydrogen-bond acceptors (Lipinski definition) is 2. The Morgan fingerprint density at radius 1 is 1.15 bits per heavy atom. The lowest BCUT2D eigenvalue weighted by molar-refractivity contribution is -0.131. The number of hydrogen-bond donors (Lipinski definition) is 2. The van der Waals surface area contributed by atoms with E-state index in [1.165, 1.54) is 5.56 Å². The van der Waals surface area contributed by atoms with Gasteiger partial charge < -0.3 is 10.6 Å². The van der Waals surface area contributed by atoms with Gasteiger partial charge in [0.1, 0.15) is 6.04 Å². The molecule has 1 aromatic carbocycles. The largest absolute Gasteiger partial charge is 0.344 e. The highest BCUT2D eigenvalue weighted by Gasteiger charge is 2.24. The summed E-state index contributed by atoms with van der Waals surface area (Å²) in [7, 11) is 0. The Balaban J connectivity index is 2.59. The molecule has 1 atom stereocenters. The molecule has 0 heterocycles. The molecule has 0 aromatic heterocycles. The quantitative estimate of drug-likeness (QED) is 0.888. The highest BCUT2D eigenvalue weighted by atomic mass is 16.2. The van der Waals surface area contributed by atoms with E-state index in [1.54, 1.807) is 6.92 Å². The molecule has 4 heteroatoms. The average Bonchev–Trinajstić information content (AvgIpc) is 2.38. The van der Waals surface area contributed by atoms with Gasteiger partial charge in [-0.15, -0.1) is 0 Å². The molecule has 2 amide bonds. The molecule has 0 radical (unpaired) electrons. The molecule has 1 unspecified atom stereocenters. The SMILES string of the molecule is CCc1ccc(NC(=O)C(C)NC(=O)C(C)(C)C)cc1. The molecule has 0 aliphatic carbocycles. The van der Waals surface area contributed by atoms with E-state index in [4.69, 9.17) is 0 Å². The summed E-state index contributed by atoms with van der Waals surface area (Å²) in [5, 5.41) is 5.51. The molecule has 0 fully saturated rings. The van der Waals surface area contributed by atoms with Gasteiger partial charge in [-0.3, -0.25) is 9.59 Å². The second kappa shape index (κ2) is 6.55. The minimum Gasteiger partial charge on any atom is -0.344 e. The summed E-state index contributed by atoms with van der Waals surface area (Å²) < 4.78 is 0. The first-order valence-electron chi connectivity index (χ1n) is 6.94. The maximum atomic E-state index is 12.0. The van der Waals surface area contributed by atoms with Gasteiger partial charge in [-0.05, 0) is 31.0 Å². The molecular formula is C16H24N2O2. The molecule has 0 saturated heterocycles. The van der Waals surface area contributed by atoms with Crippen molar-refractivity contribution in [2.45, 2.75) is 47.1 Å². The lowest BCUT2D eigenvalue weighted by Gasteiger charge is -2.21. The Hall–Kier alpha value is -1.84. The van der Waals surface area contributed by atoms with Crippen LogP contribution in [-0.2, 0) is 16.0 Å². The number of aryl methyl sites for hydroxylation is 1. The van der Waals surface area contributed by atoms with Crippen molar-refractivity contribution in [2.75, 3.05) is 5.32 Å². The van der Waals surface area contributed by atoms with Crippen molar-refractivity contribution in [3.63, 3.8) is 0 Å². The Morgan fingerprint density at radius 3 is 2.15 bits per heavy atom. The van der Waals surface area contributed by atoms with Crippen molar-refractivity contribution < 1.29 is 9.59 Å². The number of rotatable bonds is 4. The molecule has 20 heavy (non-hydrogen) atoms. The number of amides is 2. The van der Waals surface area contributed by atoms with E-state index in [2.05, 4.69) is 17.6 Å². The molecule has 110 valence electrons. The van der Waals surface area contributed by atoms with E-state index in [-0.39, 0.29) is 11.8 Å². The highest BCUT2D eigenvalue weighted by Crippen LogP contribution is 2.13. The van der Waals surface area contributed by atoms with Gasteiger partial charge in [-0.1, -0.05) is 39.8 Å². The average molecular weight is 276 g/mol. The normalized spacial score (nSPS) is 12.7. The summed E-state index contributed by atoms with van der Waals surface area (Å²) in [4.78, 5) is 23.8. The number of carbonyl (C=O) groups excluding carboxylic acids is 2. The van der Waals surface area contributed by atoms with Gasteiger partial charge in [0.2, 0.25) is 11.8 Å². The second-order valence-electron chi connectivity index (χ2n) is 5.98. The first-order chi connectivity index (χ1) is 9.24. The van der Waals surface area contributed by atoms with Crippen LogP contribution in [0.1, 0.15) is 40.2 Å². The summed E-state index contributed by atoms with van der Waals surface area (Å²) in [5.41, 5.74) is 1.46. The zero-order valence-corrected chi connectivity index (χ0v) is 12.9. The summed E-state index contributed by atoms with van der Waals surface area (Å²) in [6.07, 6.45) is 0.965. The van der Waals surface area contributed by atoms with E-state index >= 15 is 0 Å². The van der Waals surface area contributed by atoms with Crippen LogP contribution in [0.25, 0.3) is 0 Å². The monoisotopic (exact) mass is 276 g/mol. The maximum absolute atomic E-state index is 12.0. The van der Waals surface area contributed by atoms with E-state index in [1.807, 2.05) is 45.0 Å². The first kappa shape index (κ1) is 16.2. The van der Waals surface area contributed by atoms with Gasteiger partial charge in [-0.25, -0.2) is 0 Å². The van der Waals surface area contributed by atoms with Gasteiger partial charge in [-0.2, -0.15) is 0 Å². The Bertz CT molecular complexity index is 472. The van der Waals surface area contributed by atoms with Crippen LogP contribution in [0.3, 0.4) is 0 Å². The predicted molar refractivity (Wildman–Crippen MR) is 81.5 cm³/mol. The Kier molecular flexibility index (Phi) is 5.31. The zero-order chi connectivity index (χ0) is 15.3. The molecule has 1 rings (SSSR count). The smallest absolute Gasteiger partial charge is 0.246 e. The molecule has 0 spiro atoms. The highest BCUT2D eigenvalue weighted by molar-refractivity contribution is 5.97. The van der Waals surface area contributed by atoms with Crippen LogP contribution in [0.5, 0.6) is 0 Å². The second-order valence-corrected chi connectivity index (χ2v) is 5.98. The lowest BCUT2D eigenvalue weighted by atomic mass is 9.95. The molecule has 0 bridgehead atoms.